The molecule has 2 aromatic rings. The molecule has 23 heavy (non-hydrogen) atoms. The summed E-state index contributed by atoms with van der Waals surface area (Å²) in [5.74, 6) is -0.219. The molecule has 1 aliphatic heterocycles. The SMILES string of the molecule is O=C(NOC1CCCCO1)c1cccc2c3c([nH]c12)CCCC3. The minimum absolute atomic E-state index is 0.219. The molecule has 5 heteroatoms. The van der Waals surface area contributed by atoms with Gasteiger partial charge < -0.3 is 9.72 Å². The van der Waals surface area contributed by atoms with Crippen molar-refractivity contribution in [3.63, 3.8) is 0 Å². The second-order valence-electron chi connectivity index (χ2n) is 6.36. The van der Waals surface area contributed by atoms with Crippen LogP contribution in [-0.2, 0) is 22.4 Å². The van der Waals surface area contributed by atoms with Crippen molar-refractivity contribution in [3.8, 4) is 0 Å². The minimum atomic E-state index is -0.330. The lowest BCUT2D eigenvalue weighted by molar-refractivity contribution is -0.186. The first-order valence-corrected chi connectivity index (χ1v) is 8.53. The summed E-state index contributed by atoms with van der Waals surface area (Å²) in [6.45, 7) is 0.694. The van der Waals surface area contributed by atoms with Gasteiger partial charge in [-0.1, -0.05) is 12.1 Å². The number of benzene rings is 1. The van der Waals surface area contributed by atoms with Gasteiger partial charge in [0.15, 0.2) is 6.29 Å². The Labute approximate surface area is 135 Å². The molecule has 1 aromatic carbocycles. The number of aryl methyl sites for hydroxylation is 2. The van der Waals surface area contributed by atoms with Crippen molar-refractivity contribution in [1.82, 2.24) is 10.5 Å². The van der Waals surface area contributed by atoms with Crippen LogP contribution in [0.4, 0.5) is 0 Å². The number of aromatic nitrogens is 1. The van der Waals surface area contributed by atoms with Crippen molar-refractivity contribution < 1.29 is 14.4 Å². The highest BCUT2D eigenvalue weighted by molar-refractivity contribution is 6.06. The van der Waals surface area contributed by atoms with Gasteiger partial charge in [0.1, 0.15) is 0 Å². The van der Waals surface area contributed by atoms with E-state index in [9.17, 15) is 4.79 Å². The summed E-state index contributed by atoms with van der Waals surface area (Å²) >= 11 is 0. The fraction of sp³-hybridized carbons (Fsp3) is 0.500. The van der Waals surface area contributed by atoms with Crippen LogP contribution in [0.25, 0.3) is 10.9 Å². The van der Waals surface area contributed by atoms with Crippen LogP contribution in [-0.4, -0.2) is 23.8 Å². The average Bonchev–Trinajstić information content (AvgIpc) is 2.99. The van der Waals surface area contributed by atoms with E-state index in [4.69, 9.17) is 9.57 Å². The Hall–Kier alpha value is -1.85. The molecule has 5 nitrogen and oxygen atoms in total. The molecule has 1 saturated heterocycles. The number of carbonyl (C=O) groups excluding carboxylic acids is 1. The summed E-state index contributed by atoms with van der Waals surface area (Å²) in [6.07, 6.45) is 7.21. The van der Waals surface area contributed by atoms with E-state index < -0.39 is 0 Å². The van der Waals surface area contributed by atoms with Crippen LogP contribution in [0.2, 0.25) is 0 Å². The second-order valence-corrected chi connectivity index (χ2v) is 6.36. The molecule has 122 valence electrons. The number of carbonyl (C=O) groups is 1. The lowest BCUT2D eigenvalue weighted by Gasteiger charge is -2.22. The summed E-state index contributed by atoms with van der Waals surface area (Å²) in [7, 11) is 0. The van der Waals surface area contributed by atoms with Crippen molar-refractivity contribution in [2.24, 2.45) is 0 Å². The number of nitrogens with one attached hydrogen (secondary N) is 2. The molecular weight excluding hydrogens is 292 g/mol. The van der Waals surface area contributed by atoms with Gasteiger partial charge in [0.25, 0.3) is 5.91 Å². The predicted molar refractivity (Wildman–Crippen MR) is 87.1 cm³/mol. The average molecular weight is 314 g/mol. The largest absolute Gasteiger partial charge is 0.358 e. The van der Waals surface area contributed by atoms with Crippen LogP contribution in [0, 0.1) is 0 Å². The quantitative estimate of drug-likeness (QED) is 0.855. The lowest BCUT2D eigenvalue weighted by Crippen LogP contribution is -2.33. The van der Waals surface area contributed by atoms with Gasteiger partial charge in [-0.25, -0.2) is 10.3 Å². The first-order valence-electron chi connectivity index (χ1n) is 8.53. The Morgan fingerprint density at radius 3 is 3.00 bits per heavy atom. The molecule has 0 saturated carbocycles. The molecule has 0 radical (unpaired) electrons. The molecule has 0 bridgehead atoms. The van der Waals surface area contributed by atoms with Crippen LogP contribution >= 0.6 is 0 Å². The summed E-state index contributed by atoms with van der Waals surface area (Å²) in [4.78, 5) is 21.4. The molecule has 0 spiro atoms. The van der Waals surface area contributed by atoms with Gasteiger partial charge in [-0.05, 0) is 50.2 Å². The first-order chi connectivity index (χ1) is 11.3. The van der Waals surface area contributed by atoms with Crippen LogP contribution in [0.15, 0.2) is 18.2 Å². The molecule has 1 amide bonds. The summed E-state index contributed by atoms with van der Waals surface area (Å²) in [6, 6.07) is 5.87. The summed E-state index contributed by atoms with van der Waals surface area (Å²) in [5, 5.41) is 1.17. The van der Waals surface area contributed by atoms with E-state index in [2.05, 4.69) is 16.5 Å². The third kappa shape index (κ3) is 2.86. The van der Waals surface area contributed by atoms with Crippen LogP contribution < -0.4 is 5.48 Å². The van der Waals surface area contributed by atoms with Gasteiger partial charge in [-0.15, -0.1) is 0 Å². The molecular formula is C18H22N2O3. The van der Waals surface area contributed by atoms with Gasteiger partial charge in [0.2, 0.25) is 0 Å². The van der Waals surface area contributed by atoms with Crippen LogP contribution in [0.1, 0.15) is 53.7 Å². The molecule has 2 aliphatic rings. The van der Waals surface area contributed by atoms with Crippen molar-refractivity contribution >= 4 is 16.8 Å². The molecule has 1 fully saturated rings. The van der Waals surface area contributed by atoms with E-state index in [0.29, 0.717) is 12.2 Å². The zero-order chi connectivity index (χ0) is 15.6. The smallest absolute Gasteiger partial charge is 0.277 e. The first kappa shape index (κ1) is 14.7. The Kier molecular flexibility index (Phi) is 4.06. The number of ether oxygens (including phenoxy) is 1. The highest BCUT2D eigenvalue weighted by Gasteiger charge is 2.21. The van der Waals surface area contributed by atoms with Gasteiger partial charge >= 0.3 is 0 Å². The number of amides is 1. The fourth-order valence-electron chi connectivity index (χ4n) is 3.60. The van der Waals surface area contributed by atoms with Gasteiger partial charge in [0, 0.05) is 24.1 Å². The van der Waals surface area contributed by atoms with Crippen LogP contribution in [0.3, 0.4) is 0 Å². The van der Waals surface area contributed by atoms with Crippen molar-refractivity contribution in [3.05, 3.63) is 35.0 Å². The number of hydrogen-bond acceptors (Lipinski definition) is 3. The third-order valence-electron chi connectivity index (χ3n) is 4.80. The van der Waals surface area contributed by atoms with E-state index in [1.807, 2.05) is 12.1 Å². The Balaban J connectivity index is 1.55. The maximum absolute atomic E-state index is 12.5. The van der Waals surface area contributed by atoms with E-state index in [0.717, 1.165) is 37.6 Å². The molecule has 1 unspecified atom stereocenters. The lowest BCUT2D eigenvalue weighted by atomic mass is 9.95. The summed E-state index contributed by atoms with van der Waals surface area (Å²) < 4.78 is 5.47. The minimum Gasteiger partial charge on any atom is -0.358 e. The number of H-pyrrole nitrogens is 1. The van der Waals surface area contributed by atoms with Crippen molar-refractivity contribution in [2.45, 2.75) is 51.2 Å². The molecule has 1 aliphatic carbocycles. The summed E-state index contributed by atoms with van der Waals surface area (Å²) in [5.41, 5.74) is 6.76. The zero-order valence-electron chi connectivity index (χ0n) is 13.2. The van der Waals surface area contributed by atoms with E-state index in [-0.39, 0.29) is 12.2 Å². The maximum Gasteiger partial charge on any atom is 0.277 e. The third-order valence-corrected chi connectivity index (χ3v) is 4.80. The Bertz CT molecular complexity index is 716. The molecule has 2 heterocycles. The fourth-order valence-corrected chi connectivity index (χ4v) is 3.60. The normalized spacial score (nSPS) is 21.1. The van der Waals surface area contributed by atoms with Crippen molar-refractivity contribution in [1.29, 1.82) is 0 Å². The Morgan fingerprint density at radius 2 is 2.13 bits per heavy atom. The monoisotopic (exact) mass is 314 g/mol. The van der Waals surface area contributed by atoms with E-state index in [1.54, 1.807) is 0 Å². The zero-order valence-corrected chi connectivity index (χ0v) is 13.2. The standard InChI is InChI=1S/C18H22N2O3/c21-18(20-23-16-10-3-4-11-22-16)14-8-5-7-13-12-6-1-2-9-15(12)19-17(13)14/h5,7-8,16,19H,1-4,6,9-11H2,(H,20,21). The maximum atomic E-state index is 12.5. The highest BCUT2D eigenvalue weighted by atomic mass is 16.8. The number of rotatable bonds is 3. The molecule has 4 rings (SSSR count). The van der Waals surface area contributed by atoms with Crippen LogP contribution in [0.5, 0.6) is 0 Å². The van der Waals surface area contributed by atoms with E-state index >= 15 is 0 Å². The van der Waals surface area contributed by atoms with Crippen molar-refractivity contribution in [2.75, 3.05) is 6.61 Å². The van der Waals surface area contributed by atoms with Gasteiger partial charge in [-0.2, -0.15) is 0 Å². The topological polar surface area (TPSA) is 63.4 Å². The number of para-hydroxylation sites is 1. The van der Waals surface area contributed by atoms with Gasteiger partial charge in [-0.3, -0.25) is 4.79 Å². The molecule has 1 aromatic heterocycles. The highest BCUT2D eigenvalue weighted by Crippen LogP contribution is 2.30. The predicted octanol–water partition coefficient (Wildman–Crippen LogP) is 3.23. The van der Waals surface area contributed by atoms with E-state index in [1.165, 1.54) is 29.5 Å². The number of hydroxylamine groups is 1. The van der Waals surface area contributed by atoms with Gasteiger partial charge in [0.05, 0.1) is 11.1 Å². The number of hydrogen-bond donors (Lipinski definition) is 2. The number of aromatic amines is 1. The Morgan fingerprint density at radius 1 is 1.22 bits per heavy atom. The second kappa shape index (κ2) is 6.34. The molecule has 1 atom stereocenters. The number of fused-ring (bicyclic) bond motifs is 3. The molecule has 2 N–H and O–H groups in total.